The molecule has 0 spiro atoms. The minimum absolute atomic E-state index is 0.218. The summed E-state index contributed by atoms with van der Waals surface area (Å²) in [5, 5.41) is 0.623. The molecular formula is C9H5Cl2NO2. The Morgan fingerprint density at radius 1 is 1.21 bits per heavy atom. The van der Waals surface area contributed by atoms with E-state index in [1.807, 2.05) is 0 Å². The first-order valence-electron chi connectivity index (χ1n) is 3.84. The summed E-state index contributed by atoms with van der Waals surface area (Å²) in [4.78, 5) is 24.0. The normalized spacial score (nSPS) is 14.9. The summed E-state index contributed by atoms with van der Waals surface area (Å²) in [5.41, 5.74) is 0.709. The molecule has 1 amide bonds. The molecule has 0 unspecified atom stereocenters. The van der Waals surface area contributed by atoms with Crippen LogP contribution in [0.2, 0.25) is 10.0 Å². The number of anilines is 1. The van der Waals surface area contributed by atoms with Crippen molar-refractivity contribution in [1.29, 1.82) is 0 Å². The van der Waals surface area contributed by atoms with Gasteiger partial charge in [0, 0.05) is 12.1 Å². The zero-order valence-electron chi connectivity index (χ0n) is 7.17. The van der Waals surface area contributed by atoms with Crippen LogP contribution in [0, 0.1) is 0 Å². The van der Waals surface area contributed by atoms with E-state index in [9.17, 15) is 9.59 Å². The van der Waals surface area contributed by atoms with E-state index in [-0.39, 0.29) is 10.6 Å². The molecule has 1 heterocycles. The first-order chi connectivity index (χ1) is 6.52. The quantitative estimate of drug-likeness (QED) is 0.640. The fraction of sp³-hybridized carbons (Fsp3) is 0.111. The van der Waals surface area contributed by atoms with Crippen molar-refractivity contribution in [1.82, 2.24) is 0 Å². The maximum Gasteiger partial charge on any atom is 0.299 e. The highest BCUT2D eigenvalue weighted by molar-refractivity contribution is 6.55. The molecule has 0 saturated heterocycles. The van der Waals surface area contributed by atoms with E-state index in [1.165, 1.54) is 18.0 Å². The molecule has 2 rings (SSSR count). The van der Waals surface area contributed by atoms with Crippen molar-refractivity contribution < 1.29 is 9.59 Å². The SMILES string of the molecule is CN1C(=O)C(=O)c2c(Cl)cc(Cl)cc21. The van der Waals surface area contributed by atoms with E-state index in [0.717, 1.165) is 0 Å². The lowest BCUT2D eigenvalue weighted by atomic mass is 10.1. The van der Waals surface area contributed by atoms with Gasteiger partial charge in [0.2, 0.25) is 0 Å². The van der Waals surface area contributed by atoms with Crippen LogP contribution >= 0.6 is 23.2 Å². The Morgan fingerprint density at radius 3 is 2.50 bits per heavy atom. The Kier molecular flexibility index (Phi) is 2.01. The number of Topliss-reactive ketones (excluding diaryl/α,β-unsaturated/α-hetero) is 1. The van der Waals surface area contributed by atoms with Crippen LogP contribution in [0.15, 0.2) is 12.1 Å². The number of rotatable bonds is 0. The summed E-state index contributed by atoms with van der Waals surface area (Å²) < 4.78 is 0. The highest BCUT2D eigenvalue weighted by atomic mass is 35.5. The zero-order chi connectivity index (χ0) is 10.5. The summed E-state index contributed by atoms with van der Waals surface area (Å²) >= 11 is 11.6. The average Bonchev–Trinajstić information content (AvgIpc) is 2.31. The molecule has 0 bridgehead atoms. The molecule has 0 aromatic heterocycles. The number of nitrogens with zero attached hydrogens (tertiary/aromatic N) is 1. The minimum Gasteiger partial charge on any atom is -0.308 e. The van der Waals surface area contributed by atoms with Gasteiger partial charge < -0.3 is 4.90 Å². The summed E-state index contributed by atoms with van der Waals surface area (Å²) in [7, 11) is 1.51. The Hall–Kier alpha value is -1.06. The van der Waals surface area contributed by atoms with Gasteiger partial charge in [0.1, 0.15) is 0 Å². The summed E-state index contributed by atoms with van der Waals surface area (Å²) in [6, 6.07) is 3.00. The van der Waals surface area contributed by atoms with Gasteiger partial charge in [0.15, 0.2) is 0 Å². The predicted octanol–water partition coefficient (Wildman–Crippen LogP) is 2.15. The Morgan fingerprint density at radius 2 is 1.86 bits per heavy atom. The molecule has 14 heavy (non-hydrogen) atoms. The minimum atomic E-state index is -0.579. The van der Waals surface area contributed by atoms with Crippen LogP contribution in [0.25, 0.3) is 0 Å². The summed E-state index contributed by atoms with van der Waals surface area (Å²) in [6.45, 7) is 0. The number of fused-ring (bicyclic) bond motifs is 1. The van der Waals surface area contributed by atoms with Gasteiger partial charge in [0.05, 0.1) is 16.3 Å². The van der Waals surface area contributed by atoms with Crippen LogP contribution in [0.3, 0.4) is 0 Å². The standard InChI is InChI=1S/C9H5Cl2NO2/c1-12-6-3-4(10)2-5(11)7(6)8(13)9(12)14/h2-3H,1H3. The molecule has 72 valence electrons. The van der Waals surface area contributed by atoms with Crippen LogP contribution in [0.4, 0.5) is 5.69 Å². The second kappa shape index (κ2) is 2.97. The molecule has 0 saturated carbocycles. The van der Waals surface area contributed by atoms with E-state index in [4.69, 9.17) is 23.2 Å². The number of ketones is 1. The largest absolute Gasteiger partial charge is 0.308 e. The molecule has 3 nitrogen and oxygen atoms in total. The summed E-state index contributed by atoms with van der Waals surface area (Å²) in [6.07, 6.45) is 0. The smallest absolute Gasteiger partial charge is 0.299 e. The van der Waals surface area contributed by atoms with Crippen LogP contribution in [0.5, 0.6) is 0 Å². The molecule has 0 N–H and O–H groups in total. The van der Waals surface area contributed by atoms with Gasteiger partial charge >= 0.3 is 0 Å². The van der Waals surface area contributed by atoms with Gasteiger partial charge in [-0.2, -0.15) is 0 Å². The van der Waals surface area contributed by atoms with Gasteiger partial charge in [0.25, 0.3) is 11.7 Å². The number of halogens is 2. The van der Waals surface area contributed by atoms with E-state index in [1.54, 1.807) is 6.07 Å². The lowest BCUT2D eigenvalue weighted by molar-refractivity contribution is -0.114. The van der Waals surface area contributed by atoms with Gasteiger partial charge in [-0.05, 0) is 12.1 Å². The van der Waals surface area contributed by atoms with Gasteiger partial charge in [-0.1, -0.05) is 23.2 Å². The molecule has 0 radical (unpaired) electrons. The average molecular weight is 230 g/mol. The number of carbonyl (C=O) groups is 2. The van der Waals surface area contributed by atoms with E-state index < -0.39 is 11.7 Å². The highest BCUT2D eigenvalue weighted by Gasteiger charge is 2.35. The molecule has 0 aliphatic carbocycles. The first kappa shape index (κ1) is 9.49. The maximum atomic E-state index is 11.4. The lowest BCUT2D eigenvalue weighted by Gasteiger charge is -2.08. The number of carbonyl (C=O) groups excluding carboxylic acids is 2. The van der Waals surface area contributed by atoms with Crippen molar-refractivity contribution in [2.45, 2.75) is 0 Å². The van der Waals surface area contributed by atoms with Gasteiger partial charge in [-0.3, -0.25) is 9.59 Å². The number of amides is 1. The van der Waals surface area contributed by atoms with Crippen molar-refractivity contribution in [3.05, 3.63) is 27.7 Å². The van der Waals surface area contributed by atoms with Crippen molar-refractivity contribution in [2.75, 3.05) is 11.9 Å². The van der Waals surface area contributed by atoms with Crippen LogP contribution in [-0.2, 0) is 4.79 Å². The van der Waals surface area contributed by atoms with Gasteiger partial charge in [-0.15, -0.1) is 0 Å². The molecule has 5 heteroatoms. The molecule has 0 fully saturated rings. The highest BCUT2D eigenvalue weighted by Crippen LogP contribution is 2.35. The Bertz CT molecular complexity index is 456. The lowest BCUT2D eigenvalue weighted by Crippen LogP contribution is -2.24. The maximum absolute atomic E-state index is 11.4. The van der Waals surface area contributed by atoms with Crippen LogP contribution in [-0.4, -0.2) is 18.7 Å². The summed E-state index contributed by atoms with van der Waals surface area (Å²) in [5.74, 6) is -1.16. The molecule has 1 aliphatic heterocycles. The second-order valence-electron chi connectivity index (χ2n) is 2.98. The van der Waals surface area contributed by atoms with Crippen molar-refractivity contribution in [2.24, 2.45) is 0 Å². The number of benzene rings is 1. The van der Waals surface area contributed by atoms with Crippen molar-refractivity contribution in [3.63, 3.8) is 0 Å². The number of hydrogen-bond acceptors (Lipinski definition) is 2. The monoisotopic (exact) mass is 229 g/mol. The van der Waals surface area contributed by atoms with E-state index >= 15 is 0 Å². The molecular weight excluding hydrogens is 225 g/mol. The Balaban J connectivity index is 2.75. The van der Waals surface area contributed by atoms with Crippen LogP contribution in [0.1, 0.15) is 10.4 Å². The topological polar surface area (TPSA) is 37.4 Å². The molecule has 1 aliphatic rings. The Labute approximate surface area is 90.2 Å². The van der Waals surface area contributed by atoms with Crippen LogP contribution < -0.4 is 4.90 Å². The first-order valence-corrected chi connectivity index (χ1v) is 4.59. The van der Waals surface area contributed by atoms with Crippen molar-refractivity contribution >= 4 is 40.6 Å². The number of likely N-dealkylation sites (N-methyl/N-ethyl adjacent to an activating group) is 1. The molecule has 1 aromatic rings. The van der Waals surface area contributed by atoms with E-state index in [2.05, 4.69) is 0 Å². The van der Waals surface area contributed by atoms with Gasteiger partial charge in [-0.25, -0.2) is 0 Å². The third-order valence-electron chi connectivity index (χ3n) is 2.12. The fourth-order valence-corrected chi connectivity index (χ4v) is 1.99. The fourth-order valence-electron chi connectivity index (χ4n) is 1.42. The molecule has 0 atom stereocenters. The third-order valence-corrected chi connectivity index (χ3v) is 2.64. The third kappa shape index (κ3) is 1.13. The van der Waals surface area contributed by atoms with Crippen molar-refractivity contribution in [3.8, 4) is 0 Å². The predicted molar refractivity (Wildman–Crippen MR) is 54.2 cm³/mol. The second-order valence-corrected chi connectivity index (χ2v) is 3.82. The number of hydrogen-bond donors (Lipinski definition) is 0. The van der Waals surface area contributed by atoms with E-state index in [0.29, 0.717) is 10.7 Å². The molecule has 1 aromatic carbocycles. The zero-order valence-corrected chi connectivity index (χ0v) is 8.69.